The van der Waals surface area contributed by atoms with E-state index in [1.165, 1.54) is 10.4 Å². The minimum absolute atomic E-state index is 0.215. The summed E-state index contributed by atoms with van der Waals surface area (Å²) in [7, 11) is 0. The highest BCUT2D eigenvalue weighted by Crippen LogP contribution is 2.31. The summed E-state index contributed by atoms with van der Waals surface area (Å²) in [5, 5.41) is 4.62. The van der Waals surface area contributed by atoms with Gasteiger partial charge in [0.15, 0.2) is 0 Å². The number of nitrogens with zero attached hydrogens (tertiary/aromatic N) is 4. The van der Waals surface area contributed by atoms with Gasteiger partial charge in [0.05, 0.1) is 11.4 Å². The van der Waals surface area contributed by atoms with Crippen LogP contribution < -0.4 is 5.32 Å². The van der Waals surface area contributed by atoms with Crippen LogP contribution in [0.3, 0.4) is 0 Å². The minimum atomic E-state index is 0.215. The zero-order valence-electron chi connectivity index (χ0n) is 14.2. The lowest BCUT2D eigenvalue weighted by atomic mass is 10.2. The van der Waals surface area contributed by atoms with Crippen molar-refractivity contribution >= 4 is 17.1 Å². The summed E-state index contributed by atoms with van der Waals surface area (Å²) in [4.78, 5) is 14.8. The molecule has 0 amide bonds. The molecule has 0 spiro atoms. The number of rotatable bonds is 5. The van der Waals surface area contributed by atoms with Crippen molar-refractivity contribution in [1.82, 2.24) is 24.7 Å². The second kappa shape index (κ2) is 6.74. The molecule has 3 heterocycles. The molecule has 0 radical (unpaired) electrons. The average molecular weight is 349 g/mol. The molecule has 0 aliphatic heterocycles. The van der Waals surface area contributed by atoms with Gasteiger partial charge < -0.3 is 5.32 Å². The van der Waals surface area contributed by atoms with E-state index in [0.717, 1.165) is 22.2 Å². The number of hydrogen-bond donors (Lipinski definition) is 1. The molecule has 0 fully saturated rings. The molecule has 0 saturated heterocycles. The second-order valence-corrected chi connectivity index (χ2v) is 7.03. The van der Waals surface area contributed by atoms with Gasteiger partial charge in [-0.3, -0.25) is 4.40 Å². The Labute approximate surface area is 150 Å². The summed E-state index contributed by atoms with van der Waals surface area (Å²) in [6, 6.07) is 12.4. The van der Waals surface area contributed by atoms with Crippen LogP contribution in [-0.2, 0) is 6.54 Å². The van der Waals surface area contributed by atoms with E-state index in [9.17, 15) is 0 Å². The number of aryl methyl sites for hydroxylation is 1. The fourth-order valence-corrected chi connectivity index (χ4v) is 3.93. The largest absolute Gasteiger partial charge is 0.304 e. The fourth-order valence-electron chi connectivity index (χ4n) is 2.83. The Bertz CT molecular complexity index is 956. The molecule has 0 unspecified atom stereocenters. The van der Waals surface area contributed by atoms with Crippen LogP contribution in [-0.4, -0.2) is 19.4 Å². The summed E-state index contributed by atoms with van der Waals surface area (Å²) in [6.45, 7) is 4.94. The van der Waals surface area contributed by atoms with Crippen molar-refractivity contribution in [2.45, 2.75) is 26.4 Å². The number of hydrogen-bond acceptors (Lipinski definition) is 5. The molecule has 4 rings (SSSR count). The van der Waals surface area contributed by atoms with Crippen molar-refractivity contribution < 1.29 is 0 Å². The van der Waals surface area contributed by atoms with E-state index in [1.54, 1.807) is 17.5 Å². The molecule has 0 bridgehead atoms. The van der Waals surface area contributed by atoms with E-state index in [-0.39, 0.29) is 6.04 Å². The van der Waals surface area contributed by atoms with Crippen LogP contribution in [0.5, 0.6) is 0 Å². The first-order valence-corrected chi connectivity index (χ1v) is 9.07. The van der Waals surface area contributed by atoms with Gasteiger partial charge in [0.25, 0.3) is 0 Å². The number of benzene rings is 1. The maximum absolute atomic E-state index is 4.74. The number of aromatic nitrogens is 4. The van der Waals surface area contributed by atoms with Crippen molar-refractivity contribution in [3.05, 3.63) is 71.3 Å². The van der Waals surface area contributed by atoms with Gasteiger partial charge in [-0.25, -0.2) is 15.0 Å². The van der Waals surface area contributed by atoms with Crippen molar-refractivity contribution in [1.29, 1.82) is 0 Å². The smallest absolute Gasteiger partial charge is 0.233 e. The van der Waals surface area contributed by atoms with Gasteiger partial charge in [0.2, 0.25) is 5.78 Å². The van der Waals surface area contributed by atoms with Crippen LogP contribution in [0.15, 0.2) is 55.0 Å². The summed E-state index contributed by atoms with van der Waals surface area (Å²) in [5.41, 5.74) is 3.23. The SMILES string of the molecule is Cc1nc(-c2ccccc2)sc1[C@@H](C)NCc1cn2cccnc2n1. The van der Waals surface area contributed by atoms with Gasteiger partial charge >= 0.3 is 0 Å². The Balaban J connectivity index is 1.49. The molecule has 0 aliphatic rings. The second-order valence-electron chi connectivity index (χ2n) is 6.00. The van der Waals surface area contributed by atoms with Gasteiger partial charge in [-0.1, -0.05) is 30.3 Å². The molecule has 0 saturated carbocycles. The maximum Gasteiger partial charge on any atom is 0.233 e. The van der Waals surface area contributed by atoms with Gasteiger partial charge in [-0.2, -0.15) is 0 Å². The molecule has 1 aromatic carbocycles. The predicted molar refractivity (Wildman–Crippen MR) is 101 cm³/mol. The third kappa shape index (κ3) is 3.31. The average Bonchev–Trinajstić information content (AvgIpc) is 3.23. The highest BCUT2D eigenvalue weighted by molar-refractivity contribution is 7.15. The Morgan fingerprint density at radius 1 is 1.16 bits per heavy atom. The molecule has 5 nitrogen and oxygen atoms in total. The molecule has 1 N–H and O–H groups in total. The molecular formula is C19H19N5S. The van der Waals surface area contributed by atoms with E-state index in [4.69, 9.17) is 4.98 Å². The topological polar surface area (TPSA) is 55.1 Å². The molecule has 3 aromatic heterocycles. The summed E-state index contributed by atoms with van der Waals surface area (Å²) < 4.78 is 1.94. The molecule has 4 aromatic rings. The van der Waals surface area contributed by atoms with Crippen LogP contribution in [0.25, 0.3) is 16.3 Å². The van der Waals surface area contributed by atoms with Crippen LogP contribution in [0.2, 0.25) is 0 Å². The molecule has 1 atom stereocenters. The Morgan fingerprint density at radius 2 is 2.00 bits per heavy atom. The van der Waals surface area contributed by atoms with Crippen molar-refractivity contribution in [3.63, 3.8) is 0 Å². The monoisotopic (exact) mass is 349 g/mol. The normalized spacial score (nSPS) is 12.6. The first-order chi connectivity index (χ1) is 12.2. The van der Waals surface area contributed by atoms with Crippen LogP contribution in [0.4, 0.5) is 0 Å². The standard InChI is InChI=1S/C19H19N5S/c1-13(21-11-16-12-24-10-6-9-20-19(24)23-16)17-14(2)22-18(25-17)15-7-4-3-5-8-15/h3-10,12-13,21H,11H2,1-2H3/t13-/m1/s1. The van der Waals surface area contributed by atoms with Gasteiger partial charge in [0, 0.05) is 41.6 Å². The molecule has 6 heteroatoms. The van der Waals surface area contributed by atoms with Gasteiger partial charge in [0.1, 0.15) is 5.01 Å². The molecular weight excluding hydrogens is 330 g/mol. The molecule has 0 aliphatic carbocycles. The highest BCUT2D eigenvalue weighted by Gasteiger charge is 2.15. The first kappa shape index (κ1) is 15.9. The number of nitrogens with one attached hydrogen (secondary N) is 1. The van der Waals surface area contributed by atoms with Crippen molar-refractivity contribution in [2.75, 3.05) is 0 Å². The zero-order valence-corrected chi connectivity index (χ0v) is 15.0. The quantitative estimate of drug-likeness (QED) is 0.591. The molecule has 25 heavy (non-hydrogen) atoms. The predicted octanol–water partition coefficient (Wildman–Crippen LogP) is 4.01. The number of thiazole rings is 1. The Kier molecular flexibility index (Phi) is 4.29. The fraction of sp³-hybridized carbons (Fsp3) is 0.211. The lowest BCUT2D eigenvalue weighted by molar-refractivity contribution is 0.573. The lowest BCUT2D eigenvalue weighted by Crippen LogP contribution is -2.18. The summed E-state index contributed by atoms with van der Waals surface area (Å²) in [5.74, 6) is 0.729. The van der Waals surface area contributed by atoms with Crippen LogP contribution in [0.1, 0.15) is 29.2 Å². The third-order valence-electron chi connectivity index (χ3n) is 4.12. The van der Waals surface area contributed by atoms with E-state index < -0.39 is 0 Å². The lowest BCUT2D eigenvalue weighted by Gasteiger charge is -2.11. The van der Waals surface area contributed by atoms with Crippen molar-refractivity contribution in [3.8, 4) is 10.6 Å². The molecule has 126 valence electrons. The van der Waals surface area contributed by atoms with Gasteiger partial charge in [-0.15, -0.1) is 11.3 Å². The summed E-state index contributed by atoms with van der Waals surface area (Å²) >= 11 is 1.75. The van der Waals surface area contributed by atoms with E-state index in [2.05, 4.69) is 41.3 Å². The third-order valence-corrected chi connectivity index (χ3v) is 5.51. The minimum Gasteiger partial charge on any atom is -0.304 e. The zero-order chi connectivity index (χ0) is 17.2. The maximum atomic E-state index is 4.74. The Hall–Kier alpha value is -2.57. The van der Waals surface area contributed by atoms with E-state index >= 15 is 0 Å². The first-order valence-electron chi connectivity index (χ1n) is 8.25. The van der Waals surface area contributed by atoms with Crippen LogP contribution in [0, 0.1) is 6.92 Å². The highest BCUT2D eigenvalue weighted by atomic mass is 32.1. The number of imidazole rings is 1. The summed E-state index contributed by atoms with van der Waals surface area (Å²) in [6.07, 6.45) is 5.73. The van der Waals surface area contributed by atoms with Crippen LogP contribution >= 0.6 is 11.3 Å². The number of fused-ring (bicyclic) bond motifs is 1. The Morgan fingerprint density at radius 3 is 2.80 bits per heavy atom. The van der Waals surface area contributed by atoms with Crippen molar-refractivity contribution in [2.24, 2.45) is 0 Å². The van der Waals surface area contributed by atoms with E-state index in [1.807, 2.05) is 41.1 Å². The van der Waals surface area contributed by atoms with Gasteiger partial charge in [-0.05, 0) is 19.9 Å². The van der Waals surface area contributed by atoms with E-state index in [0.29, 0.717) is 6.54 Å².